The quantitative estimate of drug-likeness (QED) is 0.111. The summed E-state index contributed by atoms with van der Waals surface area (Å²) in [6.07, 6.45) is 0. The van der Waals surface area contributed by atoms with Crippen molar-refractivity contribution in [2.45, 2.75) is 247 Å². The molecule has 0 atom stereocenters. The third kappa shape index (κ3) is 18.0. The molecule has 0 spiro atoms. The fraction of sp³-hybridized carbons (Fsp3) is 0.297. The molecule has 6 aliphatic rings. The molecule has 0 N–H and O–H groups in total. The highest BCUT2D eigenvalue weighted by molar-refractivity contribution is 7.11. The van der Waals surface area contributed by atoms with Crippen LogP contribution in [0, 0.1) is 0 Å². The van der Waals surface area contributed by atoms with Gasteiger partial charge in [-0.2, -0.15) is 9.97 Å². The number of hydrogen-bond acceptors (Lipinski definition) is 12. The smallest absolute Gasteiger partial charge is 0.405 e. The summed E-state index contributed by atoms with van der Waals surface area (Å²) < 4.78 is 36.6. The minimum absolute atomic E-state index is 0. The number of benzene rings is 16. The van der Waals surface area contributed by atoms with Crippen molar-refractivity contribution in [3.63, 3.8) is 0 Å². The predicted molar refractivity (Wildman–Crippen MR) is 611 cm³/mol. The number of halogens is 2. The first-order valence-corrected chi connectivity index (χ1v) is 50.9. The Morgan fingerprint density at radius 3 is 0.772 bits per heavy atom. The zero-order valence-electron chi connectivity index (χ0n) is 86.7. The summed E-state index contributed by atoms with van der Waals surface area (Å²) in [4.78, 5) is 27.7. The topological polar surface area (TPSA) is 133 Å². The molecule has 0 amide bonds. The Labute approximate surface area is 868 Å². The van der Waals surface area contributed by atoms with E-state index in [0.717, 1.165) is 38.3 Å². The van der Waals surface area contributed by atoms with Crippen LogP contribution in [0.4, 0.5) is 0 Å². The van der Waals surface area contributed by atoms with Crippen LogP contribution < -0.4 is 5.46 Å². The van der Waals surface area contributed by atoms with Gasteiger partial charge in [-0.25, -0.2) is 19.9 Å². The second-order valence-electron chi connectivity index (χ2n) is 45.6. The van der Waals surface area contributed by atoms with Gasteiger partial charge in [-0.1, -0.05) is 376 Å². The highest BCUT2D eigenvalue weighted by Crippen LogP contribution is 2.59. The van der Waals surface area contributed by atoms with Crippen LogP contribution in [0.2, 0.25) is 10.3 Å². The minimum Gasteiger partial charge on any atom is -0.405 e. The first kappa shape index (κ1) is 103. The van der Waals surface area contributed by atoms with Crippen molar-refractivity contribution in [1.82, 2.24) is 29.9 Å². The molecule has 734 valence electrons. The molecule has 3 saturated heterocycles. The summed E-state index contributed by atoms with van der Waals surface area (Å²) in [7, 11) is -1.31. The summed E-state index contributed by atoms with van der Waals surface area (Å²) in [5.74, 6) is 3.18. The summed E-state index contributed by atoms with van der Waals surface area (Å²) >= 11 is 12.3. The van der Waals surface area contributed by atoms with Crippen LogP contribution in [0.25, 0.3) is 155 Å². The third-order valence-corrected chi connectivity index (χ3v) is 34.6. The van der Waals surface area contributed by atoms with E-state index in [1.54, 1.807) is 0 Å². The van der Waals surface area contributed by atoms with Gasteiger partial charge in [0.2, 0.25) is 5.28 Å². The van der Waals surface area contributed by atoms with E-state index in [9.17, 15) is 0 Å². The Morgan fingerprint density at radius 1 is 0.200 bits per heavy atom. The number of nitrogens with zero attached hydrogens (tertiary/aromatic N) is 6. The highest BCUT2D eigenvalue weighted by atomic mass is 35.5. The molecule has 0 unspecified atom stereocenters. The third-order valence-electron chi connectivity index (χ3n) is 34.2. The Bertz CT molecular complexity index is 7850. The molecule has 3 fully saturated rings. The molecule has 5 heterocycles. The summed E-state index contributed by atoms with van der Waals surface area (Å²) in [6, 6.07) is 114. The van der Waals surface area contributed by atoms with Gasteiger partial charge >= 0.3 is 21.1 Å². The molecule has 0 radical (unpaired) electrons. The molecule has 2 aromatic heterocycles. The number of aromatic nitrogens is 6. The largest absolute Gasteiger partial charge is 0.494 e. The Kier molecular flexibility index (Phi) is 26.6. The van der Waals surface area contributed by atoms with Crippen molar-refractivity contribution >= 4 is 114 Å². The maximum Gasteiger partial charge on any atom is 0.494 e. The van der Waals surface area contributed by atoms with E-state index in [4.69, 9.17) is 66.1 Å². The molecule has 3 aliphatic heterocycles. The van der Waals surface area contributed by atoms with Gasteiger partial charge < -0.3 is 27.9 Å². The molecule has 18 aromatic rings. The lowest BCUT2D eigenvalue weighted by atomic mass is 9.49. The lowest BCUT2D eigenvalue weighted by molar-refractivity contribution is 0.00578. The minimum atomic E-state index is -0.476. The second-order valence-corrected chi connectivity index (χ2v) is 46.4. The van der Waals surface area contributed by atoms with E-state index < -0.39 is 14.0 Å². The zero-order chi connectivity index (χ0) is 101. The fourth-order valence-corrected chi connectivity index (χ4v) is 21.6. The Balaban J connectivity index is 0.000000123. The number of hydrogen-bond donors (Lipinski definition) is 0. The van der Waals surface area contributed by atoms with E-state index in [-0.39, 0.29) is 93.4 Å². The van der Waals surface area contributed by atoms with Crippen molar-refractivity contribution in [3.8, 4) is 90.3 Å². The van der Waals surface area contributed by atoms with Gasteiger partial charge in [-0.15, -0.1) is 0 Å². The molecule has 0 saturated carbocycles. The van der Waals surface area contributed by atoms with Crippen molar-refractivity contribution in [2.24, 2.45) is 0 Å². The van der Waals surface area contributed by atoms with Crippen molar-refractivity contribution in [1.29, 1.82) is 0 Å². The summed E-state index contributed by atoms with van der Waals surface area (Å²) in [5.41, 5.74) is 20.3. The lowest BCUT2D eigenvalue weighted by Gasteiger charge is -2.48. The van der Waals surface area contributed by atoms with Gasteiger partial charge in [-0.05, 0) is 319 Å². The van der Waals surface area contributed by atoms with E-state index in [0.29, 0.717) is 29.1 Å². The molecule has 12 nitrogen and oxygen atoms in total. The monoisotopic (exact) mass is 1950 g/mol. The molecular formula is C128H133B3Cl2N6O6. The van der Waals surface area contributed by atoms with Crippen LogP contribution in [-0.4, -0.2) is 84.6 Å². The van der Waals surface area contributed by atoms with Crippen LogP contribution >= 0.6 is 23.2 Å². The van der Waals surface area contributed by atoms with Gasteiger partial charge in [0.1, 0.15) is 0 Å². The molecule has 0 bridgehead atoms. The Morgan fingerprint density at radius 2 is 0.441 bits per heavy atom. The standard InChI is InChI=1S/C41H33N3.C32H35BO2.C26H23Cl.C15H10ClN3.C12H24B2O4.2CH4/c1-40(2)35-18-12-11-17-31(35)34-23-29-21-19-26-20-22-30(24-32(26)33(29)25-36(34)41(40,3)4)39-43-37(27-13-7-5-8-14-27)42-38(44-39)28-15-9-6-10-16-28;1-29(2)27-12-10-9-11-23(27)26-17-21-14-13-20-15-16-22(33-34-31(5,6)32(7,8)35-33)18-24(20)25(21)19-28(26)30(29,3)4;1-25(2)23-8-6-5-7-19(23)22-13-17-10-9-16-11-12-18(27)14-20(16)21(17)15-24(22)26(25,3)4;16-15-18-13(11-7-3-1-4-8-11)17-14(19-15)12-9-5-2-6-10-12;1-9(2)10(3,4)16-13(15-9)14-17-11(5,6)12(7,8)18-14;;/h5-25H,1-4H3;9-19H,1-8H3;5-15H,1-4H3;1-10H;1-8H3;2*1H4. The molecule has 17 heteroatoms. The fourth-order valence-electron chi connectivity index (χ4n) is 21.3. The second kappa shape index (κ2) is 37.5. The Hall–Kier alpha value is -12.4. The van der Waals surface area contributed by atoms with Crippen molar-refractivity contribution < 1.29 is 27.9 Å². The molecular weight excluding hydrogens is 1820 g/mol. The maximum absolute atomic E-state index is 6.38. The van der Waals surface area contributed by atoms with Crippen LogP contribution in [0.3, 0.4) is 0 Å². The summed E-state index contributed by atoms with van der Waals surface area (Å²) in [5, 5.41) is 16.0. The first-order valence-electron chi connectivity index (χ1n) is 50.1. The SMILES string of the molecule is C.C.CC1(C)OB(B2OC(C)(C)C(C)(C)O2)OC1(C)C.CC1(C)OB(c2ccc3ccc4cc5c(cc4c3c2)C(C)(C)C(C)(C)c2ccccc2-5)OC1(C)C.CC1(C)c2ccccc2-c2cc3ccc4ccc(-c5nc(-c6ccccc6)nc(-c6ccccc6)n5)cc4c3cc2C1(C)C.CC1(C)c2ccccc2-c2cc3ccc4ccc(Cl)cc4c3cc2C1(C)C.Clc1nc(-c2ccccc2)nc(-c2ccccc2)n1. The van der Waals surface area contributed by atoms with Crippen LogP contribution in [-0.2, 0) is 60.4 Å². The van der Waals surface area contributed by atoms with Gasteiger partial charge in [0.15, 0.2) is 29.1 Å². The zero-order valence-corrected chi connectivity index (χ0v) is 88.2. The van der Waals surface area contributed by atoms with Crippen LogP contribution in [0.1, 0.15) is 214 Å². The molecule has 3 aliphatic carbocycles. The summed E-state index contributed by atoms with van der Waals surface area (Å²) in [6.45, 7) is 53.3. The predicted octanol–water partition coefficient (Wildman–Crippen LogP) is 33.2. The molecule has 16 aromatic carbocycles. The maximum atomic E-state index is 6.38. The average molecular weight is 1950 g/mol. The van der Waals surface area contributed by atoms with E-state index in [1.807, 2.05) is 183 Å². The molecule has 145 heavy (non-hydrogen) atoms. The first-order chi connectivity index (χ1) is 67.7. The van der Waals surface area contributed by atoms with E-state index in [2.05, 4.69) is 320 Å². The molecule has 24 rings (SSSR count). The average Bonchev–Trinajstić information content (AvgIpc) is 1.66. The van der Waals surface area contributed by atoms with Gasteiger partial charge in [0, 0.05) is 32.8 Å². The van der Waals surface area contributed by atoms with Crippen molar-refractivity contribution in [3.05, 3.63) is 365 Å². The lowest BCUT2D eigenvalue weighted by Crippen LogP contribution is -2.43. The van der Waals surface area contributed by atoms with Gasteiger partial charge in [-0.3, -0.25) is 0 Å². The number of rotatable bonds is 7. The van der Waals surface area contributed by atoms with Gasteiger partial charge in [0.25, 0.3) is 0 Å². The van der Waals surface area contributed by atoms with Gasteiger partial charge in [0.05, 0.1) is 33.6 Å². The highest BCUT2D eigenvalue weighted by Gasteiger charge is 2.64. The van der Waals surface area contributed by atoms with Crippen molar-refractivity contribution in [2.75, 3.05) is 0 Å². The van der Waals surface area contributed by atoms with E-state index in [1.165, 1.54) is 131 Å². The van der Waals surface area contributed by atoms with Crippen LogP contribution in [0.5, 0.6) is 0 Å². The van der Waals surface area contributed by atoms with E-state index >= 15 is 0 Å². The normalized spacial score (nSPS) is 18.1. The van der Waals surface area contributed by atoms with Crippen LogP contribution in [0.15, 0.2) is 322 Å². The number of fused-ring (bicyclic) bond motifs is 18.